The highest BCUT2D eigenvalue weighted by Crippen LogP contribution is 2.26. The molecular weight excluding hydrogens is 435 g/mol. The molecular formula is C22H21FN4O2S2. The number of likely N-dealkylation sites (tertiary alicyclic amines) is 1. The van der Waals surface area contributed by atoms with Crippen molar-refractivity contribution < 1.29 is 14.0 Å². The van der Waals surface area contributed by atoms with E-state index in [1.54, 1.807) is 28.8 Å². The summed E-state index contributed by atoms with van der Waals surface area (Å²) >= 11 is 3.00. The minimum atomic E-state index is -0.410. The zero-order valence-electron chi connectivity index (χ0n) is 16.7. The molecule has 1 atom stereocenters. The molecule has 0 radical (unpaired) electrons. The van der Waals surface area contributed by atoms with Crippen LogP contribution >= 0.6 is 23.1 Å². The summed E-state index contributed by atoms with van der Waals surface area (Å²) in [6.07, 6.45) is 0.809. The highest BCUT2D eigenvalue weighted by Gasteiger charge is 2.34. The smallest absolute Gasteiger partial charge is 0.231 e. The van der Waals surface area contributed by atoms with Crippen molar-refractivity contribution in [3.8, 4) is 0 Å². The number of hydrogen-bond donors (Lipinski definition) is 1. The van der Waals surface area contributed by atoms with E-state index in [1.807, 2.05) is 30.3 Å². The third-order valence-corrected chi connectivity index (χ3v) is 7.02. The van der Waals surface area contributed by atoms with Gasteiger partial charge < -0.3 is 10.2 Å². The molecule has 160 valence electrons. The largest absolute Gasteiger partial charge is 0.342 e. The van der Waals surface area contributed by atoms with Crippen molar-refractivity contribution in [3.63, 3.8) is 0 Å². The first kappa shape index (κ1) is 21.5. The second-order valence-electron chi connectivity index (χ2n) is 7.21. The van der Waals surface area contributed by atoms with Gasteiger partial charge in [0.05, 0.1) is 11.7 Å². The van der Waals surface area contributed by atoms with Crippen LogP contribution in [0.2, 0.25) is 0 Å². The molecule has 1 aliphatic rings. The zero-order chi connectivity index (χ0) is 21.6. The molecule has 3 aromatic rings. The normalized spacial score (nSPS) is 16.0. The van der Waals surface area contributed by atoms with Crippen molar-refractivity contribution >= 4 is 40.0 Å². The lowest BCUT2D eigenvalue weighted by molar-refractivity contribution is -0.128. The van der Waals surface area contributed by atoms with Crippen LogP contribution in [-0.2, 0) is 21.8 Å². The van der Waals surface area contributed by atoms with Crippen molar-refractivity contribution in [1.82, 2.24) is 15.1 Å². The second kappa shape index (κ2) is 10.0. The number of rotatable bonds is 8. The maximum absolute atomic E-state index is 13.0. The third-order valence-electron chi connectivity index (χ3n) is 4.97. The van der Waals surface area contributed by atoms with Crippen LogP contribution in [-0.4, -0.2) is 40.0 Å². The molecule has 1 aromatic heterocycles. The van der Waals surface area contributed by atoms with Crippen LogP contribution in [0, 0.1) is 11.7 Å². The first-order chi connectivity index (χ1) is 15.1. The SMILES string of the molecule is O=C(Nc1nnc(CSc2ccccc2)s1)[C@H]1CC(=O)N(CCc2ccc(F)cc2)C1. The molecule has 1 fully saturated rings. The van der Waals surface area contributed by atoms with E-state index in [0.29, 0.717) is 30.4 Å². The molecule has 1 saturated heterocycles. The summed E-state index contributed by atoms with van der Waals surface area (Å²) in [5.74, 6) is -0.269. The number of nitrogens with zero attached hydrogens (tertiary/aromatic N) is 3. The van der Waals surface area contributed by atoms with Gasteiger partial charge in [-0.25, -0.2) is 4.39 Å². The zero-order valence-corrected chi connectivity index (χ0v) is 18.3. The molecule has 1 N–H and O–H groups in total. The molecule has 4 rings (SSSR count). The predicted molar refractivity (Wildman–Crippen MR) is 119 cm³/mol. The average molecular weight is 457 g/mol. The van der Waals surface area contributed by atoms with Gasteiger partial charge in [-0.15, -0.1) is 22.0 Å². The van der Waals surface area contributed by atoms with E-state index >= 15 is 0 Å². The Hall–Kier alpha value is -2.78. The summed E-state index contributed by atoms with van der Waals surface area (Å²) in [6.45, 7) is 0.884. The summed E-state index contributed by atoms with van der Waals surface area (Å²) in [6, 6.07) is 16.3. The Kier molecular flexibility index (Phi) is 6.93. The molecule has 2 amide bonds. The number of halogens is 1. The first-order valence-corrected chi connectivity index (χ1v) is 11.7. The standard InChI is InChI=1S/C22H21FN4O2S2/c23-17-8-6-15(7-9-17)10-11-27-13-16(12-20(27)28)21(29)24-22-26-25-19(31-22)14-30-18-4-2-1-3-5-18/h1-9,16H,10-14H2,(H,24,26,29)/t16-/m0/s1. The van der Waals surface area contributed by atoms with Crippen LogP contribution in [0.3, 0.4) is 0 Å². The Morgan fingerprint density at radius 1 is 1.16 bits per heavy atom. The van der Waals surface area contributed by atoms with Crippen molar-refractivity contribution in [1.29, 1.82) is 0 Å². The van der Waals surface area contributed by atoms with Gasteiger partial charge in [-0.05, 0) is 36.2 Å². The lowest BCUT2D eigenvalue weighted by Crippen LogP contribution is -2.30. The molecule has 0 saturated carbocycles. The molecule has 1 aliphatic heterocycles. The van der Waals surface area contributed by atoms with Crippen LogP contribution in [0.5, 0.6) is 0 Å². The number of nitrogens with one attached hydrogen (secondary N) is 1. The first-order valence-electron chi connectivity index (χ1n) is 9.90. The Bertz CT molecular complexity index is 1040. The van der Waals surface area contributed by atoms with Crippen molar-refractivity contribution in [3.05, 3.63) is 71.0 Å². The Morgan fingerprint density at radius 2 is 1.94 bits per heavy atom. The number of amides is 2. The van der Waals surface area contributed by atoms with Gasteiger partial charge in [-0.2, -0.15) is 0 Å². The van der Waals surface area contributed by atoms with Gasteiger partial charge in [-0.3, -0.25) is 9.59 Å². The maximum Gasteiger partial charge on any atom is 0.231 e. The van der Waals surface area contributed by atoms with Crippen LogP contribution in [0.4, 0.5) is 9.52 Å². The van der Waals surface area contributed by atoms with Gasteiger partial charge >= 0.3 is 0 Å². The van der Waals surface area contributed by atoms with Gasteiger partial charge in [0.15, 0.2) is 0 Å². The monoisotopic (exact) mass is 456 g/mol. The van der Waals surface area contributed by atoms with Gasteiger partial charge in [0.25, 0.3) is 0 Å². The molecule has 9 heteroatoms. The highest BCUT2D eigenvalue weighted by molar-refractivity contribution is 7.98. The fourth-order valence-electron chi connectivity index (χ4n) is 3.31. The van der Waals surface area contributed by atoms with Gasteiger partial charge in [-0.1, -0.05) is 41.7 Å². The van der Waals surface area contributed by atoms with E-state index in [9.17, 15) is 14.0 Å². The Morgan fingerprint density at radius 3 is 2.71 bits per heavy atom. The number of carbonyl (C=O) groups excluding carboxylic acids is 2. The van der Waals surface area contributed by atoms with E-state index in [0.717, 1.165) is 15.5 Å². The fraction of sp³-hybridized carbons (Fsp3) is 0.273. The molecule has 0 spiro atoms. The van der Waals surface area contributed by atoms with Gasteiger partial charge in [0, 0.05) is 24.4 Å². The molecule has 0 unspecified atom stereocenters. The summed E-state index contributed by atoms with van der Waals surface area (Å²) in [7, 11) is 0. The molecule has 31 heavy (non-hydrogen) atoms. The summed E-state index contributed by atoms with van der Waals surface area (Å²) in [4.78, 5) is 27.7. The van der Waals surface area contributed by atoms with E-state index < -0.39 is 5.92 Å². The van der Waals surface area contributed by atoms with Crippen molar-refractivity contribution in [2.75, 3.05) is 18.4 Å². The minimum Gasteiger partial charge on any atom is -0.342 e. The maximum atomic E-state index is 13.0. The molecule has 0 bridgehead atoms. The van der Waals surface area contributed by atoms with Crippen LogP contribution in [0.15, 0.2) is 59.5 Å². The Balaban J connectivity index is 1.25. The second-order valence-corrected chi connectivity index (χ2v) is 9.32. The number of carbonyl (C=O) groups is 2. The minimum absolute atomic E-state index is 0.0422. The quantitative estimate of drug-likeness (QED) is 0.519. The Labute approximate surface area is 187 Å². The van der Waals surface area contributed by atoms with Gasteiger partial charge in [0.2, 0.25) is 16.9 Å². The predicted octanol–water partition coefficient (Wildman–Crippen LogP) is 4.00. The number of benzene rings is 2. The summed E-state index contributed by atoms with van der Waals surface area (Å²) in [5, 5.41) is 12.3. The summed E-state index contributed by atoms with van der Waals surface area (Å²) in [5.41, 5.74) is 0.955. The van der Waals surface area contributed by atoms with Crippen molar-refractivity contribution in [2.45, 2.75) is 23.5 Å². The van der Waals surface area contributed by atoms with E-state index in [2.05, 4.69) is 15.5 Å². The molecule has 0 aliphatic carbocycles. The number of aromatic nitrogens is 2. The molecule has 2 heterocycles. The number of hydrogen-bond acceptors (Lipinski definition) is 6. The summed E-state index contributed by atoms with van der Waals surface area (Å²) < 4.78 is 13.0. The lowest BCUT2D eigenvalue weighted by atomic mass is 10.1. The fourth-order valence-corrected chi connectivity index (χ4v) is 4.96. The third kappa shape index (κ3) is 5.89. The van der Waals surface area contributed by atoms with E-state index in [-0.39, 0.29) is 24.1 Å². The number of anilines is 1. The highest BCUT2D eigenvalue weighted by atomic mass is 32.2. The lowest BCUT2D eigenvalue weighted by Gasteiger charge is -2.16. The van der Waals surface area contributed by atoms with E-state index in [1.165, 1.54) is 23.5 Å². The molecule has 6 nitrogen and oxygen atoms in total. The topological polar surface area (TPSA) is 75.2 Å². The van der Waals surface area contributed by atoms with E-state index in [4.69, 9.17) is 0 Å². The van der Waals surface area contributed by atoms with Crippen LogP contribution in [0.1, 0.15) is 17.0 Å². The number of thioether (sulfide) groups is 1. The van der Waals surface area contributed by atoms with Crippen LogP contribution in [0.25, 0.3) is 0 Å². The van der Waals surface area contributed by atoms with Crippen LogP contribution < -0.4 is 5.32 Å². The average Bonchev–Trinajstić information content (AvgIpc) is 3.39. The molecule has 2 aromatic carbocycles. The van der Waals surface area contributed by atoms with Crippen molar-refractivity contribution in [2.24, 2.45) is 5.92 Å². The van der Waals surface area contributed by atoms with Gasteiger partial charge in [0.1, 0.15) is 10.8 Å².